The fourth-order valence-electron chi connectivity index (χ4n) is 4.13. The Kier molecular flexibility index (Phi) is 10.4. The van der Waals surface area contributed by atoms with Crippen molar-refractivity contribution in [2.75, 3.05) is 32.9 Å². The zero-order chi connectivity index (χ0) is 19.1. The van der Waals surface area contributed by atoms with E-state index < -0.39 is 0 Å². The fourth-order valence-corrected chi connectivity index (χ4v) is 4.93. The van der Waals surface area contributed by atoms with E-state index in [2.05, 4.69) is 26.8 Å². The molecular formula is C21H34FIN4S. The molecule has 0 radical (unpaired) electrons. The molecule has 1 aliphatic heterocycles. The van der Waals surface area contributed by atoms with Crippen LogP contribution in [0.25, 0.3) is 0 Å². The van der Waals surface area contributed by atoms with Crippen LogP contribution in [0.1, 0.15) is 37.7 Å². The number of hydrogen-bond donors (Lipinski definition) is 2. The fraction of sp³-hybridized carbons (Fsp3) is 0.667. The first kappa shape index (κ1) is 23.7. The summed E-state index contributed by atoms with van der Waals surface area (Å²) in [4.78, 5) is 6.77. The maximum Gasteiger partial charge on any atom is 0.191 e. The van der Waals surface area contributed by atoms with Gasteiger partial charge in [0.15, 0.2) is 5.96 Å². The molecule has 28 heavy (non-hydrogen) atoms. The second kappa shape index (κ2) is 12.2. The number of benzene rings is 1. The summed E-state index contributed by atoms with van der Waals surface area (Å²) in [6.07, 6.45) is 8.28. The van der Waals surface area contributed by atoms with Gasteiger partial charge in [-0.1, -0.05) is 18.2 Å². The molecule has 2 N–H and O–H groups in total. The molecule has 2 atom stereocenters. The van der Waals surface area contributed by atoms with E-state index >= 15 is 0 Å². The highest BCUT2D eigenvalue weighted by Gasteiger charge is 2.25. The minimum Gasteiger partial charge on any atom is -0.356 e. The third-order valence-corrected chi connectivity index (χ3v) is 6.99. The van der Waals surface area contributed by atoms with Crippen molar-refractivity contribution in [3.05, 3.63) is 35.6 Å². The maximum atomic E-state index is 13.8. The molecule has 0 bridgehead atoms. The lowest BCUT2D eigenvalue weighted by Crippen LogP contribution is -2.45. The number of aliphatic imine (C=N–C) groups is 1. The van der Waals surface area contributed by atoms with Gasteiger partial charge in [0.05, 0.1) is 0 Å². The highest BCUT2D eigenvalue weighted by Crippen LogP contribution is 2.28. The van der Waals surface area contributed by atoms with Gasteiger partial charge in [-0.2, -0.15) is 11.8 Å². The number of thioether (sulfide) groups is 1. The van der Waals surface area contributed by atoms with Gasteiger partial charge in [0.1, 0.15) is 5.82 Å². The Balaban J connectivity index is 0.00000280. The maximum absolute atomic E-state index is 13.8. The van der Waals surface area contributed by atoms with Crippen molar-refractivity contribution >= 4 is 41.7 Å². The average Bonchev–Trinajstić information content (AvgIpc) is 3.15. The van der Waals surface area contributed by atoms with Crippen LogP contribution in [0.5, 0.6) is 0 Å². The molecule has 1 aliphatic carbocycles. The number of guanidine groups is 1. The number of piperidine rings is 1. The zero-order valence-corrected chi connectivity index (χ0v) is 20.1. The van der Waals surface area contributed by atoms with Gasteiger partial charge in [0, 0.05) is 37.0 Å². The summed E-state index contributed by atoms with van der Waals surface area (Å²) in [5, 5.41) is 7.91. The van der Waals surface area contributed by atoms with Crippen LogP contribution >= 0.6 is 35.7 Å². The highest BCUT2D eigenvalue weighted by atomic mass is 127. The molecule has 7 heteroatoms. The van der Waals surface area contributed by atoms with E-state index in [-0.39, 0.29) is 29.8 Å². The van der Waals surface area contributed by atoms with Crippen molar-refractivity contribution in [1.29, 1.82) is 0 Å². The van der Waals surface area contributed by atoms with Crippen LogP contribution in [0.3, 0.4) is 0 Å². The summed E-state index contributed by atoms with van der Waals surface area (Å²) >= 11 is 1.98. The van der Waals surface area contributed by atoms with E-state index in [0.717, 1.165) is 49.2 Å². The van der Waals surface area contributed by atoms with Gasteiger partial charge >= 0.3 is 0 Å². The van der Waals surface area contributed by atoms with Crippen molar-refractivity contribution in [1.82, 2.24) is 15.5 Å². The number of halogens is 2. The van der Waals surface area contributed by atoms with Crippen molar-refractivity contribution < 1.29 is 4.39 Å². The van der Waals surface area contributed by atoms with Gasteiger partial charge in [-0.3, -0.25) is 9.89 Å². The van der Waals surface area contributed by atoms with Gasteiger partial charge in [0.25, 0.3) is 0 Å². The zero-order valence-electron chi connectivity index (χ0n) is 17.0. The Hall–Kier alpha value is -0.540. The molecule has 1 aromatic rings. The average molecular weight is 521 g/mol. The number of rotatable bonds is 6. The third kappa shape index (κ3) is 7.06. The lowest BCUT2D eigenvalue weighted by molar-refractivity contribution is 0.176. The van der Waals surface area contributed by atoms with Crippen LogP contribution in [-0.2, 0) is 6.54 Å². The smallest absolute Gasteiger partial charge is 0.191 e. The van der Waals surface area contributed by atoms with E-state index in [1.54, 1.807) is 12.1 Å². The summed E-state index contributed by atoms with van der Waals surface area (Å²) in [5.74, 6) is 1.50. The minimum absolute atomic E-state index is 0. The lowest BCUT2D eigenvalue weighted by Gasteiger charge is -2.32. The molecule has 0 amide bonds. The van der Waals surface area contributed by atoms with Gasteiger partial charge in [-0.15, -0.1) is 24.0 Å². The van der Waals surface area contributed by atoms with E-state index in [1.807, 2.05) is 30.9 Å². The number of hydrogen-bond acceptors (Lipinski definition) is 3. The van der Waals surface area contributed by atoms with Crippen molar-refractivity contribution in [3.8, 4) is 0 Å². The third-order valence-electron chi connectivity index (χ3n) is 5.90. The Morgan fingerprint density at radius 3 is 2.61 bits per heavy atom. The quantitative estimate of drug-likeness (QED) is 0.337. The van der Waals surface area contributed by atoms with Crippen LogP contribution in [0.2, 0.25) is 0 Å². The monoisotopic (exact) mass is 520 g/mol. The standard InChI is InChI=1S/C21H33FN4S.HI/c1-23-21(25-18-7-8-19(13-18)27-2)24-14-16-9-11-26(12-10-16)15-17-5-3-4-6-20(17)22;/h3-6,16,18-19H,7-15H2,1-2H3,(H2,23,24,25);1H. The van der Waals surface area contributed by atoms with Gasteiger partial charge in [0.2, 0.25) is 0 Å². The van der Waals surface area contributed by atoms with Crippen LogP contribution in [0, 0.1) is 11.7 Å². The summed E-state index contributed by atoms with van der Waals surface area (Å²) in [6.45, 7) is 3.75. The molecular weight excluding hydrogens is 486 g/mol. The molecule has 4 nitrogen and oxygen atoms in total. The van der Waals surface area contributed by atoms with E-state index in [9.17, 15) is 4.39 Å². The molecule has 3 rings (SSSR count). The molecule has 1 saturated heterocycles. The minimum atomic E-state index is -0.0909. The van der Waals surface area contributed by atoms with Crippen LogP contribution in [0.4, 0.5) is 4.39 Å². The molecule has 1 aromatic carbocycles. The second-order valence-corrected chi connectivity index (χ2v) is 8.91. The molecule has 2 aliphatic rings. The first-order valence-corrected chi connectivity index (χ1v) is 11.4. The van der Waals surface area contributed by atoms with E-state index in [0.29, 0.717) is 18.5 Å². The largest absolute Gasteiger partial charge is 0.356 e. The molecule has 2 unspecified atom stereocenters. The predicted molar refractivity (Wildman–Crippen MR) is 129 cm³/mol. The van der Waals surface area contributed by atoms with Crippen molar-refractivity contribution in [2.45, 2.75) is 49.9 Å². The summed E-state index contributed by atoms with van der Waals surface area (Å²) in [7, 11) is 1.85. The molecule has 0 aromatic heterocycles. The number of nitrogens with zero attached hydrogens (tertiary/aromatic N) is 2. The normalized spacial score (nSPS) is 24.0. The molecule has 158 valence electrons. The van der Waals surface area contributed by atoms with Gasteiger partial charge in [-0.05, 0) is 63.4 Å². The Morgan fingerprint density at radius 1 is 1.21 bits per heavy atom. The lowest BCUT2D eigenvalue weighted by atomic mass is 9.96. The van der Waals surface area contributed by atoms with Crippen LogP contribution in [0.15, 0.2) is 29.3 Å². The van der Waals surface area contributed by atoms with Gasteiger partial charge < -0.3 is 10.6 Å². The van der Waals surface area contributed by atoms with Crippen molar-refractivity contribution in [3.63, 3.8) is 0 Å². The highest BCUT2D eigenvalue weighted by molar-refractivity contribution is 14.0. The molecule has 0 spiro atoms. The molecule has 1 saturated carbocycles. The van der Waals surface area contributed by atoms with Crippen LogP contribution < -0.4 is 10.6 Å². The van der Waals surface area contributed by atoms with Crippen molar-refractivity contribution in [2.24, 2.45) is 10.9 Å². The van der Waals surface area contributed by atoms with Gasteiger partial charge in [-0.25, -0.2) is 4.39 Å². The Bertz CT molecular complexity index is 622. The topological polar surface area (TPSA) is 39.7 Å². The van der Waals surface area contributed by atoms with E-state index in [4.69, 9.17) is 0 Å². The summed E-state index contributed by atoms with van der Waals surface area (Å²) in [5.41, 5.74) is 0.804. The summed E-state index contributed by atoms with van der Waals surface area (Å²) in [6, 6.07) is 7.67. The summed E-state index contributed by atoms with van der Waals surface area (Å²) < 4.78 is 13.8. The molecule has 2 fully saturated rings. The first-order chi connectivity index (χ1) is 13.2. The van der Waals surface area contributed by atoms with Crippen LogP contribution in [-0.4, -0.2) is 55.1 Å². The number of likely N-dealkylation sites (tertiary alicyclic amines) is 1. The first-order valence-electron chi connectivity index (χ1n) is 10.1. The molecule has 1 heterocycles. The van der Waals surface area contributed by atoms with E-state index in [1.165, 1.54) is 19.3 Å². The Labute approximate surface area is 190 Å². The predicted octanol–water partition coefficient (Wildman–Crippen LogP) is 4.10. The SMILES string of the molecule is CN=C(NCC1CCN(Cc2ccccc2F)CC1)NC1CCC(SC)C1.I. The Morgan fingerprint density at radius 2 is 1.96 bits per heavy atom. The second-order valence-electron chi connectivity index (χ2n) is 7.78. The number of nitrogens with one attached hydrogen (secondary N) is 2.